The number of amides is 3. The van der Waals surface area contributed by atoms with E-state index in [0.717, 1.165) is 20.3 Å². The molecule has 2 heterocycles. The molecule has 0 saturated carbocycles. The average molecular weight is 677 g/mol. The van der Waals surface area contributed by atoms with Crippen molar-refractivity contribution >= 4 is 39.6 Å². The quantitative estimate of drug-likeness (QED) is 0.275. The second-order valence-corrected chi connectivity index (χ2v) is 14.0. The van der Waals surface area contributed by atoms with Crippen LogP contribution in [0.5, 0.6) is 0 Å². The van der Waals surface area contributed by atoms with Gasteiger partial charge in [0, 0.05) is 18.9 Å². The van der Waals surface area contributed by atoms with E-state index in [1.807, 2.05) is 37.3 Å². The molecule has 0 unspecified atom stereocenters. The lowest BCUT2D eigenvalue weighted by atomic mass is 9.96. The molecule has 13 heteroatoms. The van der Waals surface area contributed by atoms with Crippen LogP contribution in [0.15, 0.2) is 83.8 Å². The van der Waals surface area contributed by atoms with Crippen molar-refractivity contribution in [2.24, 2.45) is 5.92 Å². The summed E-state index contributed by atoms with van der Waals surface area (Å²) in [6.07, 6.45) is 0.947. The van der Waals surface area contributed by atoms with E-state index >= 15 is 0 Å². The van der Waals surface area contributed by atoms with Crippen LogP contribution >= 0.6 is 0 Å². The molecule has 5 rings (SSSR count). The van der Waals surface area contributed by atoms with Crippen LogP contribution in [0.4, 0.5) is 10.5 Å². The lowest BCUT2D eigenvalue weighted by Crippen LogP contribution is -2.51. The fourth-order valence-corrected chi connectivity index (χ4v) is 7.63. The van der Waals surface area contributed by atoms with Crippen LogP contribution in [0.1, 0.15) is 42.4 Å². The molecule has 254 valence electrons. The van der Waals surface area contributed by atoms with Crippen molar-refractivity contribution in [3.05, 3.63) is 95.6 Å². The van der Waals surface area contributed by atoms with Gasteiger partial charge >= 0.3 is 12.1 Å². The van der Waals surface area contributed by atoms with Gasteiger partial charge in [0.1, 0.15) is 18.7 Å². The summed E-state index contributed by atoms with van der Waals surface area (Å²) >= 11 is 0. The summed E-state index contributed by atoms with van der Waals surface area (Å²) in [7, 11) is -3.97. The third kappa shape index (κ3) is 8.27. The molecule has 0 aliphatic carbocycles. The summed E-state index contributed by atoms with van der Waals surface area (Å²) in [5.74, 6) is -2.72. The van der Waals surface area contributed by atoms with Crippen LogP contribution in [-0.4, -0.2) is 73.4 Å². The van der Waals surface area contributed by atoms with Gasteiger partial charge < -0.3 is 20.5 Å². The number of nitrogens with one attached hydrogen (secondary N) is 2. The Balaban J connectivity index is 1.28. The topological polar surface area (TPSA) is 162 Å². The molecule has 0 bridgehead atoms. The number of rotatable bonds is 11. The molecule has 2 aliphatic rings. The Hall–Kier alpha value is -4.59. The number of benzene rings is 3. The summed E-state index contributed by atoms with van der Waals surface area (Å²) in [5, 5.41) is 15.7. The fourth-order valence-electron chi connectivity index (χ4n) is 5.98. The van der Waals surface area contributed by atoms with E-state index in [1.165, 1.54) is 12.1 Å². The maximum atomic E-state index is 13.6. The second-order valence-electron chi connectivity index (χ2n) is 12.1. The summed E-state index contributed by atoms with van der Waals surface area (Å²) in [6.45, 7) is 3.28. The van der Waals surface area contributed by atoms with Gasteiger partial charge in [-0.05, 0) is 81.1 Å². The Morgan fingerprint density at radius 1 is 0.938 bits per heavy atom. The Labute approximate surface area is 280 Å². The molecule has 3 aromatic rings. The lowest BCUT2D eigenvalue weighted by Gasteiger charge is -2.28. The molecule has 0 radical (unpaired) electrons. The number of nitrogens with zero attached hydrogens (tertiary/aromatic N) is 2. The van der Waals surface area contributed by atoms with Crippen LogP contribution < -0.4 is 15.5 Å². The maximum Gasteiger partial charge on any atom is 0.421 e. The molecule has 0 aromatic heterocycles. The number of hydrogen-bond acceptors (Lipinski definition) is 8. The van der Waals surface area contributed by atoms with Crippen LogP contribution in [0.2, 0.25) is 0 Å². The van der Waals surface area contributed by atoms with E-state index in [4.69, 9.17) is 4.74 Å². The van der Waals surface area contributed by atoms with Gasteiger partial charge in [0.05, 0.1) is 10.6 Å². The minimum atomic E-state index is -3.97. The Morgan fingerprint density at radius 2 is 1.60 bits per heavy atom. The Morgan fingerprint density at radius 3 is 2.25 bits per heavy atom. The SMILES string of the molecule is Cc1ccc(S(=O)(=O)N2CCC[C@H]2C(=O)N[C@H](Cc2ccc(N(C(=O)OCc3ccccc3)C(=O)C3CCNCC3)cc2)C(=O)O)cc1. The van der Waals surface area contributed by atoms with Gasteiger partial charge in [-0.1, -0.05) is 60.2 Å². The van der Waals surface area contributed by atoms with Crippen LogP contribution in [0.25, 0.3) is 0 Å². The van der Waals surface area contributed by atoms with Crippen LogP contribution in [0, 0.1) is 12.8 Å². The molecule has 3 aromatic carbocycles. The molecule has 2 aliphatic heterocycles. The zero-order chi connectivity index (χ0) is 34.3. The molecule has 2 fully saturated rings. The Bertz CT molecular complexity index is 1710. The number of ether oxygens (including phenoxy) is 1. The number of carbonyl (C=O) groups is 4. The summed E-state index contributed by atoms with van der Waals surface area (Å²) in [6, 6.07) is 19.3. The molecular weight excluding hydrogens is 636 g/mol. The van der Waals surface area contributed by atoms with Crippen LogP contribution in [-0.2, 0) is 42.2 Å². The van der Waals surface area contributed by atoms with E-state index in [9.17, 15) is 32.7 Å². The number of carboxylic acids is 1. The van der Waals surface area contributed by atoms with E-state index in [2.05, 4.69) is 10.6 Å². The smallest absolute Gasteiger partial charge is 0.421 e. The highest BCUT2D eigenvalue weighted by Crippen LogP contribution is 2.27. The summed E-state index contributed by atoms with van der Waals surface area (Å²) in [5.41, 5.74) is 2.46. The van der Waals surface area contributed by atoms with E-state index in [1.54, 1.807) is 36.4 Å². The van der Waals surface area contributed by atoms with E-state index in [-0.39, 0.29) is 48.4 Å². The number of piperidine rings is 1. The van der Waals surface area contributed by atoms with Gasteiger partial charge in [-0.15, -0.1) is 0 Å². The van der Waals surface area contributed by atoms with Gasteiger partial charge in [-0.3, -0.25) is 9.59 Å². The fraction of sp³-hybridized carbons (Fsp3) is 0.371. The maximum absolute atomic E-state index is 13.6. The molecule has 48 heavy (non-hydrogen) atoms. The standard InChI is InChI=1S/C35H40N4O8S/c1-24-9-15-29(16-10-24)48(45,46)38-21-5-8-31(38)32(40)37-30(34(42)43)22-25-11-13-28(14-12-25)39(33(41)27-17-19-36-20-18-27)35(44)47-23-26-6-3-2-4-7-26/h2-4,6-7,9-16,27,30-31,36H,5,8,17-23H2,1H3,(H,37,40)(H,42,43)/t30-,31+/m1/s1. The second kappa shape index (κ2) is 15.5. The summed E-state index contributed by atoms with van der Waals surface area (Å²) < 4.78 is 33.3. The predicted octanol–water partition coefficient (Wildman–Crippen LogP) is 3.63. The monoisotopic (exact) mass is 676 g/mol. The normalized spacial score (nSPS) is 17.7. The summed E-state index contributed by atoms with van der Waals surface area (Å²) in [4.78, 5) is 53.5. The van der Waals surface area contributed by atoms with Gasteiger partial charge in [-0.2, -0.15) is 4.31 Å². The number of carboxylic acid groups (broad SMARTS) is 1. The third-order valence-corrected chi connectivity index (χ3v) is 10.6. The zero-order valence-electron chi connectivity index (χ0n) is 26.7. The minimum absolute atomic E-state index is 0.0154. The number of carbonyl (C=O) groups excluding carboxylic acids is 3. The van der Waals surface area contributed by atoms with Gasteiger partial charge in [-0.25, -0.2) is 22.9 Å². The first-order chi connectivity index (χ1) is 23.0. The molecular formula is C35H40N4O8S. The van der Waals surface area contributed by atoms with Crippen molar-refractivity contribution < 1.29 is 37.4 Å². The number of imide groups is 1. The largest absolute Gasteiger partial charge is 0.480 e. The molecule has 3 N–H and O–H groups in total. The number of hydrogen-bond donors (Lipinski definition) is 3. The van der Waals surface area contributed by atoms with E-state index < -0.39 is 40.1 Å². The van der Waals surface area contributed by atoms with Gasteiger partial charge in [0.25, 0.3) is 0 Å². The lowest BCUT2D eigenvalue weighted by molar-refractivity contribution is -0.142. The molecule has 2 atom stereocenters. The first kappa shape index (κ1) is 34.7. The minimum Gasteiger partial charge on any atom is -0.480 e. The average Bonchev–Trinajstić information content (AvgIpc) is 3.60. The van der Waals surface area contributed by atoms with Crippen molar-refractivity contribution in [1.29, 1.82) is 0 Å². The highest BCUT2D eigenvalue weighted by atomic mass is 32.2. The first-order valence-electron chi connectivity index (χ1n) is 16.0. The van der Waals surface area contributed by atoms with Gasteiger partial charge in [0.15, 0.2) is 0 Å². The van der Waals surface area contributed by atoms with Crippen molar-refractivity contribution in [3.63, 3.8) is 0 Å². The predicted molar refractivity (Wildman–Crippen MR) is 178 cm³/mol. The Kier molecular flexibility index (Phi) is 11.2. The highest BCUT2D eigenvalue weighted by molar-refractivity contribution is 7.89. The molecule has 0 spiro atoms. The van der Waals surface area contributed by atoms with Crippen LogP contribution in [0.3, 0.4) is 0 Å². The van der Waals surface area contributed by atoms with Crippen molar-refractivity contribution in [2.45, 2.75) is 62.6 Å². The zero-order valence-corrected chi connectivity index (χ0v) is 27.5. The molecule has 12 nitrogen and oxygen atoms in total. The van der Waals surface area contributed by atoms with E-state index in [0.29, 0.717) is 37.9 Å². The number of aliphatic carboxylic acids is 1. The first-order valence-corrected chi connectivity index (χ1v) is 17.4. The third-order valence-electron chi connectivity index (χ3n) is 8.68. The van der Waals surface area contributed by atoms with Crippen molar-refractivity contribution in [3.8, 4) is 0 Å². The van der Waals surface area contributed by atoms with Crippen molar-refractivity contribution in [2.75, 3.05) is 24.5 Å². The number of anilines is 1. The van der Waals surface area contributed by atoms with Gasteiger partial charge in [0.2, 0.25) is 21.8 Å². The highest BCUT2D eigenvalue weighted by Gasteiger charge is 2.40. The number of aryl methyl sites for hydroxylation is 1. The molecule has 3 amide bonds. The molecule has 2 saturated heterocycles. The van der Waals surface area contributed by atoms with Crippen molar-refractivity contribution in [1.82, 2.24) is 14.9 Å². The number of sulfonamides is 1.